The molecule has 0 aliphatic carbocycles. The fourth-order valence-electron chi connectivity index (χ4n) is 2.96. The van der Waals surface area contributed by atoms with Crippen LogP contribution < -0.4 is 10.6 Å². The Balaban J connectivity index is 0.00000338. The molecule has 2 rings (SSSR count). The Morgan fingerprint density at radius 3 is 2.58 bits per heavy atom. The van der Waals surface area contributed by atoms with Gasteiger partial charge < -0.3 is 10.6 Å². The van der Waals surface area contributed by atoms with Crippen molar-refractivity contribution in [2.75, 3.05) is 13.6 Å². The van der Waals surface area contributed by atoms with Crippen LogP contribution in [0.1, 0.15) is 30.8 Å². The molecule has 0 fully saturated rings. The van der Waals surface area contributed by atoms with Crippen molar-refractivity contribution in [3.8, 4) is 0 Å². The van der Waals surface area contributed by atoms with Gasteiger partial charge in [0.2, 0.25) is 0 Å². The van der Waals surface area contributed by atoms with Gasteiger partial charge in [-0.2, -0.15) is 10.2 Å². The van der Waals surface area contributed by atoms with Crippen LogP contribution in [0.15, 0.2) is 23.5 Å². The molecule has 0 bridgehead atoms. The number of hydrogen-bond acceptors (Lipinski definition) is 3. The van der Waals surface area contributed by atoms with Gasteiger partial charge >= 0.3 is 0 Å². The van der Waals surface area contributed by atoms with Crippen molar-refractivity contribution in [2.24, 2.45) is 18.0 Å². The number of aryl methyl sites for hydroxylation is 2. The average molecular weight is 473 g/mol. The molecule has 0 saturated heterocycles. The summed E-state index contributed by atoms with van der Waals surface area (Å²) in [6, 6.07) is 2.22. The SMILES string of the molecule is CN=C(NCC(C)Cn1cccn1)NC(C)Cc1c(C)nn(C)c1C.I. The van der Waals surface area contributed by atoms with E-state index in [1.54, 1.807) is 7.05 Å². The number of aromatic nitrogens is 4. The van der Waals surface area contributed by atoms with Gasteiger partial charge in [0.15, 0.2) is 5.96 Å². The number of halogens is 1. The molecular weight excluding hydrogens is 441 g/mol. The highest BCUT2D eigenvalue weighted by molar-refractivity contribution is 14.0. The van der Waals surface area contributed by atoms with E-state index < -0.39 is 0 Å². The first-order valence-corrected chi connectivity index (χ1v) is 8.84. The number of nitrogens with one attached hydrogen (secondary N) is 2. The second-order valence-electron chi connectivity index (χ2n) is 6.81. The average Bonchev–Trinajstić information content (AvgIpc) is 3.15. The molecule has 0 amide bonds. The van der Waals surface area contributed by atoms with Crippen LogP contribution in [0.5, 0.6) is 0 Å². The summed E-state index contributed by atoms with van der Waals surface area (Å²) in [6.07, 6.45) is 4.73. The van der Waals surface area contributed by atoms with Crippen molar-refractivity contribution in [1.29, 1.82) is 0 Å². The fourth-order valence-corrected chi connectivity index (χ4v) is 2.96. The number of guanidine groups is 1. The number of hydrogen-bond donors (Lipinski definition) is 2. The first kappa shape index (κ1) is 22.5. The molecule has 2 atom stereocenters. The van der Waals surface area contributed by atoms with Crippen LogP contribution >= 0.6 is 24.0 Å². The molecule has 2 unspecified atom stereocenters. The minimum Gasteiger partial charge on any atom is -0.356 e. The first-order valence-electron chi connectivity index (χ1n) is 8.84. The zero-order chi connectivity index (χ0) is 18.4. The molecule has 0 spiro atoms. The first-order chi connectivity index (χ1) is 11.9. The molecule has 0 aliphatic rings. The molecule has 7 nitrogen and oxygen atoms in total. The fraction of sp³-hybridized carbons (Fsp3) is 0.611. The summed E-state index contributed by atoms with van der Waals surface area (Å²) in [4.78, 5) is 4.34. The van der Waals surface area contributed by atoms with Crippen LogP contribution in [-0.4, -0.2) is 45.2 Å². The lowest BCUT2D eigenvalue weighted by molar-refractivity contribution is 0.442. The minimum atomic E-state index is 0. The van der Waals surface area contributed by atoms with Crippen molar-refractivity contribution in [3.63, 3.8) is 0 Å². The topological polar surface area (TPSA) is 72.1 Å². The number of aliphatic imine (C=N–C) groups is 1. The minimum absolute atomic E-state index is 0. The van der Waals surface area contributed by atoms with Gasteiger partial charge in [-0.1, -0.05) is 6.92 Å². The molecule has 0 radical (unpaired) electrons. The van der Waals surface area contributed by atoms with Crippen LogP contribution in [0, 0.1) is 19.8 Å². The van der Waals surface area contributed by atoms with Crippen LogP contribution in [0.25, 0.3) is 0 Å². The summed E-state index contributed by atoms with van der Waals surface area (Å²) in [5.41, 5.74) is 3.64. The Bertz CT molecular complexity index is 691. The predicted octanol–water partition coefficient (Wildman–Crippen LogP) is 2.28. The lowest BCUT2D eigenvalue weighted by Gasteiger charge is -2.20. The Kier molecular flexibility index (Phi) is 9.11. The van der Waals surface area contributed by atoms with E-state index >= 15 is 0 Å². The van der Waals surface area contributed by atoms with Gasteiger partial charge in [-0.3, -0.25) is 14.4 Å². The number of rotatable bonds is 7. The van der Waals surface area contributed by atoms with E-state index in [0.717, 1.165) is 31.2 Å². The van der Waals surface area contributed by atoms with Crippen molar-refractivity contribution >= 4 is 29.9 Å². The van der Waals surface area contributed by atoms with Crippen molar-refractivity contribution < 1.29 is 0 Å². The Morgan fingerprint density at radius 2 is 2.04 bits per heavy atom. The van der Waals surface area contributed by atoms with E-state index in [9.17, 15) is 0 Å². The normalized spacial score (nSPS) is 13.8. The van der Waals surface area contributed by atoms with Gasteiger partial charge in [-0.25, -0.2) is 0 Å². The van der Waals surface area contributed by atoms with E-state index in [1.165, 1.54) is 11.3 Å². The van der Waals surface area contributed by atoms with Gasteiger partial charge in [-0.15, -0.1) is 24.0 Å². The lowest BCUT2D eigenvalue weighted by Crippen LogP contribution is -2.44. The van der Waals surface area contributed by atoms with E-state index in [2.05, 4.69) is 53.5 Å². The van der Waals surface area contributed by atoms with Crippen molar-refractivity contribution in [3.05, 3.63) is 35.4 Å². The Morgan fingerprint density at radius 1 is 1.31 bits per heavy atom. The standard InChI is InChI=1S/C18H31N7.HI/c1-13(12-25-9-7-8-21-25)11-20-18(19-5)22-14(2)10-17-15(3)23-24(6)16(17)4;/h7-9,13-14H,10-12H2,1-6H3,(H2,19,20,22);1H. The quantitative estimate of drug-likeness (QED) is 0.368. The second kappa shape index (κ2) is 10.5. The smallest absolute Gasteiger partial charge is 0.191 e. The highest BCUT2D eigenvalue weighted by Crippen LogP contribution is 2.14. The Labute approximate surface area is 173 Å². The molecule has 2 aromatic heterocycles. The third kappa shape index (κ3) is 6.30. The third-order valence-electron chi connectivity index (χ3n) is 4.45. The molecular formula is C18H32IN7. The maximum absolute atomic E-state index is 4.49. The van der Waals surface area contributed by atoms with E-state index in [4.69, 9.17) is 0 Å². The number of nitrogens with zero attached hydrogens (tertiary/aromatic N) is 5. The van der Waals surface area contributed by atoms with E-state index in [0.29, 0.717) is 5.92 Å². The van der Waals surface area contributed by atoms with Crippen molar-refractivity contribution in [1.82, 2.24) is 30.2 Å². The van der Waals surface area contributed by atoms with Crippen LogP contribution in [0.3, 0.4) is 0 Å². The second-order valence-corrected chi connectivity index (χ2v) is 6.81. The molecule has 0 aromatic carbocycles. The molecule has 2 aromatic rings. The van der Waals surface area contributed by atoms with Gasteiger partial charge in [-0.05, 0) is 44.7 Å². The lowest BCUT2D eigenvalue weighted by atomic mass is 10.1. The summed E-state index contributed by atoms with van der Waals surface area (Å²) >= 11 is 0. The van der Waals surface area contributed by atoms with Crippen LogP contribution in [0.4, 0.5) is 0 Å². The van der Waals surface area contributed by atoms with E-state index in [-0.39, 0.29) is 30.0 Å². The van der Waals surface area contributed by atoms with Gasteiger partial charge in [0.05, 0.1) is 5.69 Å². The third-order valence-corrected chi connectivity index (χ3v) is 4.45. The zero-order valence-electron chi connectivity index (χ0n) is 16.7. The Hall–Kier alpha value is -1.58. The van der Waals surface area contributed by atoms with Gasteiger partial charge in [0, 0.05) is 51.3 Å². The van der Waals surface area contributed by atoms with Crippen molar-refractivity contribution in [2.45, 2.75) is 46.7 Å². The molecule has 0 aliphatic heterocycles. The molecule has 0 saturated carbocycles. The van der Waals surface area contributed by atoms with E-state index in [1.807, 2.05) is 34.9 Å². The van der Waals surface area contributed by atoms with Gasteiger partial charge in [0.1, 0.15) is 0 Å². The zero-order valence-corrected chi connectivity index (χ0v) is 19.0. The monoisotopic (exact) mass is 473 g/mol. The van der Waals surface area contributed by atoms with Crippen LogP contribution in [0.2, 0.25) is 0 Å². The predicted molar refractivity (Wildman–Crippen MR) is 117 cm³/mol. The molecule has 26 heavy (non-hydrogen) atoms. The largest absolute Gasteiger partial charge is 0.356 e. The highest BCUT2D eigenvalue weighted by atomic mass is 127. The summed E-state index contributed by atoms with van der Waals surface area (Å²) < 4.78 is 3.90. The molecule has 8 heteroatoms. The highest BCUT2D eigenvalue weighted by Gasteiger charge is 2.14. The summed E-state index contributed by atoms with van der Waals surface area (Å²) in [6.45, 7) is 10.3. The van der Waals surface area contributed by atoms with Crippen LogP contribution in [-0.2, 0) is 20.0 Å². The summed E-state index contributed by atoms with van der Waals surface area (Å²) in [7, 11) is 3.80. The molecule has 2 N–H and O–H groups in total. The molecule has 2 heterocycles. The van der Waals surface area contributed by atoms with Gasteiger partial charge in [0.25, 0.3) is 0 Å². The summed E-state index contributed by atoms with van der Waals surface area (Å²) in [5.74, 6) is 1.29. The molecule has 146 valence electrons. The maximum atomic E-state index is 4.49. The summed E-state index contributed by atoms with van der Waals surface area (Å²) in [5, 5.41) is 15.6. The maximum Gasteiger partial charge on any atom is 0.191 e.